The van der Waals surface area contributed by atoms with Crippen LogP contribution in [0.25, 0.3) is 5.57 Å². The summed E-state index contributed by atoms with van der Waals surface area (Å²) in [6.07, 6.45) is 1.69. The second-order valence-corrected chi connectivity index (χ2v) is 13.5. The predicted molar refractivity (Wildman–Crippen MR) is 170 cm³/mol. The molecule has 0 aliphatic carbocycles. The summed E-state index contributed by atoms with van der Waals surface area (Å²) in [5, 5.41) is 16.3. The monoisotopic (exact) mass is 651 g/mol. The molecule has 1 aliphatic heterocycles. The van der Waals surface area contributed by atoms with Crippen LogP contribution in [0.3, 0.4) is 0 Å². The molecule has 0 saturated heterocycles. The number of benzene rings is 2. The lowest BCUT2D eigenvalue weighted by Crippen LogP contribution is -2.33. The minimum Gasteiger partial charge on any atom is -0.366 e. The summed E-state index contributed by atoms with van der Waals surface area (Å²) in [5.74, 6) is -3.66. The molecule has 0 bridgehead atoms. The molecule has 2 aromatic heterocycles. The predicted octanol–water partition coefficient (Wildman–Crippen LogP) is 6.77. The Morgan fingerprint density at radius 2 is 1.67 bits per heavy atom. The quantitative estimate of drug-likeness (QED) is 0.166. The van der Waals surface area contributed by atoms with Crippen molar-refractivity contribution in [1.82, 2.24) is 20.8 Å². The topological polar surface area (TPSA) is 110 Å². The number of hydrogen-bond acceptors (Lipinski definition) is 7. The highest BCUT2D eigenvalue weighted by molar-refractivity contribution is 7.14. The number of allylic oxidation sites excluding steroid dienone is 3. The van der Waals surface area contributed by atoms with Crippen LogP contribution in [0.1, 0.15) is 68.3 Å². The average molecular weight is 652 g/mol. The van der Waals surface area contributed by atoms with Crippen molar-refractivity contribution in [3.63, 3.8) is 0 Å². The molecule has 0 fully saturated rings. The van der Waals surface area contributed by atoms with Crippen molar-refractivity contribution >= 4 is 40.1 Å². The molecule has 234 valence electrons. The number of amides is 2. The van der Waals surface area contributed by atoms with E-state index < -0.39 is 29.4 Å². The molecule has 45 heavy (non-hydrogen) atoms. The van der Waals surface area contributed by atoms with E-state index in [0.29, 0.717) is 50.9 Å². The van der Waals surface area contributed by atoms with Crippen LogP contribution >= 0.6 is 22.7 Å². The first-order chi connectivity index (χ1) is 21.5. The summed E-state index contributed by atoms with van der Waals surface area (Å²) in [6.45, 7) is 5.95. The number of hydrogen-bond donors (Lipinski definition) is 3. The maximum Gasteiger partial charge on any atom is 0.261 e. The number of nitrogens with one attached hydrogen (secondary N) is 2. The van der Waals surface area contributed by atoms with Gasteiger partial charge >= 0.3 is 0 Å². The van der Waals surface area contributed by atoms with Gasteiger partial charge in [-0.3, -0.25) is 9.59 Å². The van der Waals surface area contributed by atoms with E-state index in [4.69, 9.17) is 5.73 Å². The van der Waals surface area contributed by atoms with Gasteiger partial charge in [0, 0.05) is 34.0 Å². The zero-order chi connectivity index (χ0) is 32.2. The number of nitrogens with two attached hydrogens (primary N) is 1. The van der Waals surface area contributed by atoms with E-state index in [1.54, 1.807) is 24.3 Å². The summed E-state index contributed by atoms with van der Waals surface area (Å²) in [5.41, 5.74) is 10.1. The van der Waals surface area contributed by atoms with Gasteiger partial charge < -0.3 is 16.4 Å². The van der Waals surface area contributed by atoms with Crippen LogP contribution < -0.4 is 16.4 Å². The van der Waals surface area contributed by atoms with Crippen LogP contribution in [0.15, 0.2) is 71.6 Å². The number of nitrogens with zero attached hydrogens (tertiary/aromatic N) is 2. The van der Waals surface area contributed by atoms with Crippen molar-refractivity contribution in [3.05, 3.63) is 120 Å². The van der Waals surface area contributed by atoms with Crippen molar-refractivity contribution in [2.45, 2.75) is 52.5 Å². The second-order valence-electron chi connectivity index (χ2n) is 11.2. The van der Waals surface area contributed by atoms with E-state index in [2.05, 4.69) is 20.8 Å². The van der Waals surface area contributed by atoms with Gasteiger partial charge in [-0.2, -0.15) is 0 Å². The number of rotatable bonds is 11. The van der Waals surface area contributed by atoms with Gasteiger partial charge in [-0.1, -0.05) is 43.4 Å². The molecule has 0 spiro atoms. The van der Waals surface area contributed by atoms with E-state index in [0.717, 1.165) is 34.0 Å². The average Bonchev–Trinajstić information content (AvgIpc) is 3.66. The summed E-state index contributed by atoms with van der Waals surface area (Å²) in [6, 6.07) is 13.3. The molecule has 2 aromatic carbocycles. The summed E-state index contributed by atoms with van der Waals surface area (Å²) in [7, 11) is 0. The first-order valence-electron chi connectivity index (χ1n) is 14.4. The van der Waals surface area contributed by atoms with Crippen molar-refractivity contribution in [2.24, 2.45) is 11.7 Å². The van der Waals surface area contributed by atoms with Gasteiger partial charge in [0.2, 0.25) is 5.91 Å². The van der Waals surface area contributed by atoms with E-state index in [1.807, 2.05) is 20.8 Å². The number of primary amides is 1. The number of aryl methyl sites for hydroxylation is 2. The van der Waals surface area contributed by atoms with Gasteiger partial charge in [-0.15, -0.1) is 21.5 Å². The Bertz CT molecular complexity index is 1790. The van der Waals surface area contributed by atoms with Gasteiger partial charge in [-0.05, 0) is 79.6 Å². The van der Waals surface area contributed by atoms with Crippen molar-refractivity contribution < 1.29 is 22.8 Å². The fraction of sp³-hybridized carbons (Fsp3) is 0.273. The molecule has 12 heteroatoms. The molecule has 4 N–H and O–H groups in total. The summed E-state index contributed by atoms with van der Waals surface area (Å²) >= 11 is 2.61. The van der Waals surface area contributed by atoms with Crippen molar-refractivity contribution in [3.8, 4) is 0 Å². The van der Waals surface area contributed by atoms with Crippen LogP contribution in [0.4, 0.5) is 13.2 Å². The van der Waals surface area contributed by atoms with E-state index in [9.17, 15) is 22.8 Å². The Labute approximate surface area is 267 Å². The first-order valence-corrected chi connectivity index (χ1v) is 16.0. The third kappa shape index (κ3) is 7.51. The standard InChI is InChI=1S/C33H32F3N5O2S2/c1-17(2)14-25-28(31(37)42)30(26-12-13-27(45-26)32(43)38-16-20-6-10-22(35)23(36)15-20)29(33-41-40-18(3)44-33)24(39-25)11-7-19-4-8-21(34)9-5-19/h4-6,8-10,12-13,15,17,30,39H,7,11,14,16H2,1-3H3,(H2,37,42)(H,38,43). The molecular weight excluding hydrogens is 620 g/mol. The van der Waals surface area contributed by atoms with Crippen LogP contribution in [0.2, 0.25) is 0 Å². The first kappa shape index (κ1) is 32.1. The number of thiophene rings is 1. The van der Waals surface area contributed by atoms with Crippen LogP contribution in [-0.4, -0.2) is 22.0 Å². The number of carbonyl (C=O) groups excluding carboxylic acids is 2. The highest BCUT2D eigenvalue weighted by Gasteiger charge is 2.37. The largest absolute Gasteiger partial charge is 0.366 e. The zero-order valence-electron chi connectivity index (χ0n) is 24.9. The molecule has 7 nitrogen and oxygen atoms in total. The van der Waals surface area contributed by atoms with Crippen LogP contribution in [0.5, 0.6) is 0 Å². The van der Waals surface area contributed by atoms with Gasteiger partial charge in [0.05, 0.1) is 10.8 Å². The van der Waals surface area contributed by atoms with Gasteiger partial charge in [0.15, 0.2) is 11.6 Å². The molecule has 0 radical (unpaired) electrons. The molecule has 0 saturated carbocycles. The fourth-order valence-electron chi connectivity index (χ4n) is 5.28. The Morgan fingerprint density at radius 1 is 0.933 bits per heavy atom. The third-order valence-electron chi connectivity index (χ3n) is 7.31. The summed E-state index contributed by atoms with van der Waals surface area (Å²) in [4.78, 5) is 27.4. The molecule has 1 aliphatic rings. The van der Waals surface area contributed by atoms with E-state index in [-0.39, 0.29) is 18.3 Å². The molecule has 1 atom stereocenters. The normalized spacial score (nSPS) is 15.0. The summed E-state index contributed by atoms with van der Waals surface area (Å²) < 4.78 is 40.6. The van der Waals surface area contributed by atoms with Crippen LogP contribution in [-0.2, 0) is 17.8 Å². The van der Waals surface area contributed by atoms with Gasteiger partial charge in [0.25, 0.3) is 5.91 Å². The number of dihydropyridines is 1. The maximum atomic E-state index is 13.7. The number of halogens is 3. The Kier molecular flexibility index (Phi) is 9.83. The zero-order valence-corrected chi connectivity index (χ0v) is 26.6. The molecule has 2 amide bonds. The lowest BCUT2D eigenvalue weighted by atomic mass is 9.81. The second kappa shape index (κ2) is 13.8. The number of aromatic nitrogens is 2. The molecule has 5 rings (SSSR count). The fourth-order valence-corrected chi connectivity index (χ4v) is 7.12. The molecular formula is C33H32F3N5O2S2. The highest BCUT2D eigenvalue weighted by Crippen LogP contribution is 2.47. The Morgan fingerprint density at radius 3 is 2.31 bits per heavy atom. The lowest BCUT2D eigenvalue weighted by molar-refractivity contribution is -0.114. The Hall–Kier alpha value is -4.29. The van der Waals surface area contributed by atoms with Crippen LogP contribution in [0, 0.1) is 30.3 Å². The van der Waals surface area contributed by atoms with Crippen molar-refractivity contribution in [2.75, 3.05) is 0 Å². The molecule has 4 aromatic rings. The number of carbonyl (C=O) groups is 2. The SMILES string of the molecule is Cc1nnc(C2=C(CCc3ccc(F)cc3)NC(CC(C)C)=C(C(N)=O)C2c2ccc(C(=O)NCc3ccc(F)c(F)c3)s2)s1. The van der Waals surface area contributed by atoms with Gasteiger partial charge in [-0.25, -0.2) is 13.2 Å². The van der Waals surface area contributed by atoms with E-state index in [1.165, 1.54) is 40.9 Å². The third-order valence-corrected chi connectivity index (χ3v) is 9.33. The molecule has 3 heterocycles. The molecule has 1 unspecified atom stereocenters. The van der Waals surface area contributed by atoms with E-state index >= 15 is 0 Å². The smallest absolute Gasteiger partial charge is 0.261 e. The van der Waals surface area contributed by atoms with Gasteiger partial charge in [0.1, 0.15) is 15.8 Å². The minimum atomic E-state index is -0.990. The highest BCUT2D eigenvalue weighted by atomic mass is 32.1. The van der Waals surface area contributed by atoms with Crippen molar-refractivity contribution in [1.29, 1.82) is 0 Å². The minimum absolute atomic E-state index is 0.00430. The Balaban J connectivity index is 1.54. The lowest BCUT2D eigenvalue weighted by Gasteiger charge is -2.32. The maximum absolute atomic E-state index is 13.7.